The molecule has 2 heteroatoms. The summed E-state index contributed by atoms with van der Waals surface area (Å²) in [5.41, 5.74) is 8.46. The van der Waals surface area contributed by atoms with E-state index in [1.54, 1.807) is 0 Å². The largest absolute Gasteiger partial charge is 0.0654 e. The normalized spacial score (nSPS) is 11.1. The molecule has 0 amide bonds. The van der Waals surface area contributed by atoms with Gasteiger partial charge in [-0.15, -0.1) is 0 Å². The Morgan fingerprint density at radius 1 is 0.500 bits per heavy atom. The van der Waals surface area contributed by atoms with Crippen LogP contribution < -0.4 is 0 Å². The van der Waals surface area contributed by atoms with Gasteiger partial charge in [0.05, 0.1) is 0 Å². The summed E-state index contributed by atoms with van der Waals surface area (Å²) in [5.74, 6) is 0. The Kier molecular flexibility index (Phi) is 10.5. The molecule has 32 heavy (non-hydrogen) atoms. The zero-order valence-electron chi connectivity index (χ0n) is 19.6. The van der Waals surface area contributed by atoms with Crippen molar-refractivity contribution in [2.45, 2.75) is 78.1 Å². The van der Waals surface area contributed by atoms with Gasteiger partial charge in [0.1, 0.15) is 0 Å². The topological polar surface area (TPSA) is 0 Å². The van der Waals surface area contributed by atoms with Crippen LogP contribution in [0.15, 0.2) is 69.6 Å². The molecule has 0 atom stereocenters. The summed E-state index contributed by atoms with van der Waals surface area (Å²) in [5, 5.41) is 0. The van der Waals surface area contributed by atoms with Crippen LogP contribution in [0.2, 0.25) is 0 Å². The summed E-state index contributed by atoms with van der Waals surface area (Å²) in [7, 11) is 0. The van der Waals surface area contributed by atoms with Gasteiger partial charge >= 0.3 is 0 Å². The molecule has 0 unspecified atom stereocenters. The standard InChI is InChI=1S/C30H36Br2/c1-3-5-7-9-11-25-21-30(24-15-19-28(32)20-16-24)26(12-10-8-6-4-2)22-29(25)23-13-17-27(31)18-14-23/h13-22H,3-12H2,1-2H3. The van der Waals surface area contributed by atoms with Crippen molar-refractivity contribution in [1.82, 2.24) is 0 Å². The minimum Gasteiger partial charge on any atom is -0.0654 e. The van der Waals surface area contributed by atoms with Crippen LogP contribution in [0.5, 0.6) is 0 Å². The van der Waals surface area contributed by atoms with Gasteiger partial charge in [-0.05, 0) is 83.3 Å². The molecule has 0 bridgehead atoms. The van der Waals surface area contributed by atoms with E-state index < -0.39 is 0 Å². The lowest BCUT2D eigenvalue weighted by atomic mass is 9.87. The second-order valence-corrected chi connectivity index (χ2v) is 10.6. The zero-order chi connectivity index (χ0) is 22.8. The zero-order valence-corrected chi connectivity index (χ0v) is 22.8. The van der Waals surface area contributed by atoms with Crippen molar-refractivity contribution >= 4 is 31.9 Å². The summed E-state index contributed by atoms with van der Waals surface area (Å²) < 4.78 is 2.27. The second-order valence-electron chi connectivity index (χ2n) is 8.80. The molecule has 0 radical (unpaired) electrons. The van der Waals surface area contributed by atoms with Crippen LogP contribution in [0.4, 0.5) is 0 Å². The molecular weight excluding hydrogens is 520 g/mol. The Hall–Kier alpha value is -1.38. The number of halogens is 2. The van der Waals surface area contributed by atoms with Crippen LogP contribution in [-0.2, 0) is 12.8 Å². The van der Waals surface area contributed by atoms with Gasteiger partial charge in [0.15, 0.2) is 0 Å². The summed E-state index contributed by atoms with van der Waals surface area (Å²) in [6.45, 7) is 4.57. The Morgan fingerprint density at radius 3 is 1.22 bits per heavy atom. The lowest BCUT2D eigenvalue weighted by Gasteiger charge is -2.18. The second kappa shape index (κ2) is 13.4. The van der Waals surface area contributed by atoms with Crippen molar-refractivity contribution < 1.29 is 0 Å². The Bertz CT molecular complexity index is 874. The van der Waals surface area contributed by atoms with E-state index in [4.69, 9.17) is 0 Å². The van der Waals surface area contributed by atoms with E-state index in [0.29, 0.717) is 0 Å². The molecule has 170 valence electrons. The predicted molar refractivity (Wildman–Crippen MR) is 148 cm³/mol. The number of benzene rings is 3. The van der Waals surface area contributed by atoms with Crippen LogP contribution >= 0.6 is 31.9 Å². The van der Waals surface area contributed by atoms with Crippen molar-refractivity contribution in [3.8, 4) is 22.3 Å². The molecule has 3 aromatic rings. The SMILES string of the molecule is CCCCCCc1cc(-c2ccc(Br)cc2)c(CCCCCC)cc1-c1ccc(Br)cc1. The van der Waals surface area contributed by atoms with Crippen molar-refractivity contribution in [1.29, 1.82) is 0 Å². The minimum atomic E-state index is 1.14. The van der Waals surface area contributed by atoms with Crippen molar-refractivity contribution in [2.75, 3.05) is 0 Å². The molecular formula is C30H36Br2. The number of aryl methyl sites for hydroxylation is 2. The van der Waals surface area contributed by atoms with Gasteiger partial charge in [0.2, 0.25) is 0 Å². The molecule has 0 spiro atoms. The number of hydrogen-bond acceptors (Lipinski definition) is 0. The summed E-state index contributed by atoms with van der Waals surface area (Å²) in [4.78, 5) is 0. The summed E-state index contributed by atoms with van der Waals surface area (Å²) in [6.07, 6.45) is 12.6. The molecule has 0 aliphatic heterocycles. The first-order valence-corrected chi connectivity index (χ1v) is 13.9. The summed E-state index contributed by atoms with van der Waals surface area (Å²) in [6, 6.07) is 22.7. The smallest absolute Gasteiger partial charge is 0.0175 e. The van der Waals surface area contributed by atoms with Crippen LogP contribution in [0.1, 0.15) is 76.3 Å². The molecule has 0 saturated carbocycles. The van der Waals surface area contributed by atoms with Gasteiger partial charge in [-0.2, -0.15) is 0 Å². The molecule has 3 aromatic carbocycles. The average molecular weight is 556 g/mol. The highest BCUT2D eigenvalue weighted by Crippen LogP contribution is 2.35. The maximum Gasteiger partial charge on any atom is 0.0175 e. The third kappa shape index (κ3) is 7.32. The van der Waals surface area contributed by atoms with E-state index in [9.17, 15) is 0 Å². The van der Waals surface area contributed by atoms with Crippen molar-refractivity contribution in [2.24, 2.45) is 0 Å². The fourth-order valence-corrected chi connectivity index (χ4v) is 4.91. The van der Waals surface area contributed by atoms with Gasteiger partial charge < -0.3 is 0 Å². The third-order valence-electron chi connectivity index (χ3n) is 6.24. The van der Waals surface area contributed by atoms with Crippen molar-refractivity contribution in [3.63, 3.8) is 0 Å². The number of hydrogen-bond donors (Lipinski definition) is 0. The van der Waals surface area contributed by atoms with E-state index in [0.717, 1.165) is 21.8 Å². The molecule has 0 N–H and O–H groups in total. The molecule has 0 aliphatic carbocycles. The highest BCUT2D eigenvalue weighted by molar-refractivity contribution is 9.10. The van der Waals surface area contributed by atoms with Crippen LogP contribution in [0, 0.1) is 0 Å². The molecule has 0 nitrogen and oxygen atoms in total. The Labute approximate surface area is 212 Å². The number of unbranched alkanes of at least 4 members (excludes halogenated alkanes) is 6. The van der Waals surface area contributed by atoms with E-state index in [-0.39, 0.29) is 0 Å². The molecule has 3 rings (SSSR count). The minimum absolute atomic E-state index is 1.14. The van der Waals surface area contributed by atoms with E-state index in [2.05, 4.69) is 106 Å². The first-order valence-electron chi connectivity index (χ1n) is 12.3. The van der Waals surface area contributed by atoms with E-state index >= 15 is 0 Å². The predicted octanol–water partition coefficient (Wildman–Crippen LogP) is 10.8. The highest BCUT2D eigenvalue weighted by Gasteiger charge is 2.13. The highest BCUT2D eigenvalue weighted by atomic mass is 79.9. The molecule has 0 heterocycles. The van der Waals surface area contributed by atoms with Gasteiger partial charge in [0, 0.05) is 8.95 Å². The average Bonchev–Trinajstić information content (AvgIpc) is 2.81. The van der Waals surface area contributed by atoms with Crippen LogP contribution in [0.3, 0.4) is 0 Å². The fraction of sp³-hybridized carbons (Fsp3) is 0.400. The number of rotatable bonds is 12. The quantitative estimate of drug-likeness (QED) is 0.195. The first kappa shape index (κ1) is 25.2. The Balaban J connectivity index is 2.04. The van der Waals surface area contributed by atoms with Gasteiger partial charge in [-0.3, -0.25) is 0 Å². The molecule has 0 fully saturated rings. The summed E-state index contributed by atoms with van der Waals surface area (Å²) >= 11 is 7.21. The maximum atomic E-state index is 3.60. The molecule has 0 aliphatic rings. The molecule has 0 saturated heterocycles. The third-order valence-corrected chi connectivity index (χ3v) is 7.30. The molecule has 0 aromatic heterocycles. The van der Waals surface area contributed by atoms with E-state index in [1.165, 1.54) is 84.7 Å². The monoisotopic (exact) mass is 554 g/mol. The fourth-order valence-electron chi connectivity index (χ4n) is 4.38. The lowest BCUT2D eigenvalue weighted by Crippen LogP contribution is -1.98. The van der Waals surface area contributed by atoms with Gasteiger partial charge in [-0.25, -0.2) is 0 Å². The lowest BCUT2D eigenvalue weighted by molar-refractivity contribution is 0.664. The van der Waals surface area contributed by atoms with Crippen LogP contribution in [0.25, 0.3) is 22.3 Å². The van der Waals surface area contributed by atoms with E-state index in [1.807, 2.05) is 0 Å². The Morgan fingerprint density at radius 2 is 0.875 bits per heavy atom. The van der Waals surface area contributed by atoms with Crippen molar-refractivity contribution in [3.05, 3.63) is 80.7 Å². The van der Waals surface area contributed by atoms with Gasteiger partial charge in [0.25, 0.3) is 0 Å². The maximum absolute atomic E-state index is 3.60. The first-order chi connectivity index (χ1) is 15.6. The van der Waals surface area contributed by atoms with Crippen LogP contribution in [-0.4, -0.2) is 0 Å². The van der Waals surface area contributed by atoms with Gasteiger partial charge in [-0.1, -0.05) is 121 Å².